The molecular weight excluding hydrogens is 116 g/mol. The molecule has 0 fully saturated rings. The van der Waals surface area contributed by atoms with Gasteiger partial charge in [0.25, 0.3) is 0 Å². The average molecular weight is 126 g/mol. The Balaban J connectivity index is 2.53. The van der Waals surface area contributed by atoms with Crippen molar-refractivity contribution in [2.75, 3.05) is 0 Å². The second-order valence-electron chi connectivity index (χ2n) is 2.16. The molecule has 0 aromatic heterocycles. The predicted octanol–water partition coefficient (Wildman–Crippen LogP) is 1.75. The largest absolute Gasteiger partial charge is 0.251 e. The number of hydrogen-bond acceptors (Lipinski definition) is 2. The van der Waals surface area contributed by atoms with Crippen molar-refractivity contribution in [2.45, 2.75) is 18.9 Å². The van der Waals surface area contributed by atoms with Crippen molar-refractivity contribution < 1.29 is 10.1 Å². The van der Waals surface area contributed by atoms with Gasteiger partial charge in [0.05, 0.1) is 0 Å². The van der Waals surface area contributed by atoms with Crippen molar-refractivity contribution in [1.29, 1.82) is 0 Å². The lowest BCUT2D eigenvalue weighted by Crippen LogP contribution is -2.14. The van der Waals surface area contributed by atoms with Gasteiger partial charge in [0.1, 0.15) is 6.10 Å². The van der Waals surface area contributed by atoms with Gasteiger partial charge in [-0.1, -0.05) is 18.7 Å². The summed E-state index contributed by atoms with van der Waals surface area (Å²) >= 11 is 0. The van der Waals surface area contributed by atoms with Crippen LogP contribution >= 0.6 is 0 Å². The zero-order valence-corrected chi connectivity index (χ0v) is 5.21. The summed E-state index contributed by atoms with van der Waals surface area (Å²) in [5.41, 5.74) is 0.944. The molecular formula is C7H10O2. The molecule has 0 heterocycles. The fourth-order valence-electron chi connectivity index (χ4n) is 0.870. The minimum absolute atomic E-state index is 0.171. The Labute approximate surface area is 54.4 Å². The minimum Gasteiger partial charge on any atom is -0.251 e. The Morgan fingerprint density at radius 2 is 2.44 bits per heavy atom. The second kappa shape index (κ2) is 2.80. The zero-order valence-electron chi connectivity index (χ0n) is 5.21. The van der Waals surface area contributed by atoms with Gasteiger partial charge in [0.15, 0.2) is 0 Å². The van der Waals surface area contributed by atoms with Crippen LogP contribution in [-0.4, -0.2) is 11.4 Å². The summed E-state index contributed by atoms with van der Waals surface area (Å²) in [4.78, 5) is 4.15. The van der Waals surface area contributed by atoms with E-state index in [9.17, 15) is 0 Å². The van der Waals surface area contributed by atoms with Crippen LogP contribution in [-0.2, 0) is 4.89 Å². The Bertz CT molecular complexity index is 138. The van der Waals surface area contributed by atoms with Gasteiger partial charge in [-0.2, -0.15) is 0 Å². The molecule has 0 spiro atoms. The standard InChI is InChI=1S/C7H10O2/c1-6-4-2-3-5-7(6)9-8/h2-3,7-8H,1,4-5H2. The summed E-state index contributed by atoms with van der Waals surface area (Å²) in [7, 11) is 0. The first-order chi connectivity index (χ1) is 4.34. The van der Waals surface area contributed by atoms with Crippen LogP contribution in [0, 0.1) is 0 Å². The third-order valence-electron chi connectivity index (χ3n) is 1.48. The minimum atomic E-state index is -0.171. The molecule has 0 saturated carbocycles. The van der Waals surface area contributed by atoms with E-state index in [1.807, 2.05) is 12.2 Å². The lowest BCUT2D eigenvalue weighted by molar-refractivity contribution is -0.268. The van der Waals surface area contributed by atoms with E-state index in [2.05, 4.69) is 11.5 Å². The highest BCUT2D eigenvalue weighted by atomic mass is 17.1. The molecule has 9 heavy (non-hydrogen) atoms. The van der Waals surface area contributed by atoms with Crippen molar-refractivity contribution in [3.8, 4) is 0 Å². The summed E-state index contributed by atoms with van der Waals surface area (Å²) in [5.74, 6) is 0. The average Bonchev–Trinajstić information content (AvgIpc) is 1.89. The van der Waals surface area contributed by atoms with E-state index in [-0.39, 0.29) is 6.10 Å². The lowest BCUT2D eigenvalue weighted by Gasteiger charge is -2.16. The van der Waals surface area contributed by atoms with Crippen LogP contribution in [0.5, 0.6) is 0 Å². The highest BCUT2D eigenvalue weighted by molar-refractivity contribution is 5.14. The molecule has 50 valence electrons. The molecule has 2 heteroatoms. The van der Waals surface area contributed by atoms with Gasteiger partial charge >= 0.3 is 0 Å². The summed E-state index contributed by atoms with van der Waals surface area (Å²) in [6, 6.07) is 0. The normalized spacial score (nSPS) is 26.8. The number of rotatable bonds is 1. The van der Waals surface area contributed by atoms with E-state index in [1.54, 1.807) is 0 Å². The summed E-state index contributed by atoms with van der Waals surface area (Å²) in [6.07, 6.45) is 5.41. The van der Waals surface area contributed by atoms with Crippen LogP contribution < -0.4 is 0 Å². The smallest absolute Gasteiger partial charge is 0.117 e. The Morgan fingerprint density at radius 1 is 1.67 bits per heavy atom. The van der Waals surface area contributed by atoms with Crippen LogP contribution in [0.15, 0.2) is 24.3 Å². The van der Waals surface area contributed by atoms with Gasteiger partial charge in [-0.3, -0.25) is 5.26 Å². The van der Waals surface area contributed by atoms with Crippen LogP contribution in [0.25, 0.3) is 0 Å². The maximum Gasteiger partial charge on any atom is 0.117 e. The predicted molar refractivity (Wildman–Crippen MR) is 35.0 cm³/mol. The molecule has 1 unspecified atom stereocenters. The summed E-state index contributed by atoms with van der Waals surface area (Å²) in [6.45, 7) is 3.73. The molecule has 0 aromatic rings. The molecule has 0 radical (unpaired) electrons. The highest BCUT2D eigenvalue weighted by Gasteiger charge is 2.12. The van der Waals surface area contributed by atoms with E-state index in [0.29, 0.717) is 0 Å². The zero-order chi connectivity index (χ0) is 6.69. The van der Waals surface area contributed by atoms with Gasteiger partial charge < -0.3 is 0 Å². The number of allylic oxidation sites excluding steroid dienone is 1. The fraction of sp³-hybridized carbons (Fsp3) is 0.429. The van der Waals surface area contributed by atoms with E-state index in [0.717, 1.165) is 18.4 Å². The SMILES string of the molecule is C=C1CC=CCC1OO. The van der Waals surface area contributed by atoms with Crippen molar-refractivity contribution in [3.63, 3.8) is 0 Å². The molecule has 1 atom stereocenters. The molecule has 2 nitrogen and oxygen atoms in total. The first-order valence-corrected chi connectivity index (χ1v) is 2.97. The van der Waals surface area contributed by atoms with Gasteiger partial charge in [0, 0.05) is 0 Å². The summed E-state index contributed by atoms with van der Waals surface area (Å²) < 4.78 is 0. The van der Waals surface area contributed by atoms with Crippen molar-refractivity contribution in [1.82, 2.24) is 0 Å². The quantitative estimate of drug-likeness (QED) is 0.329. The van der Waals surface area contributed by atoms with Gasteiger partial charge in [-0.25, -0.2) is 4.89 Å². The summed E-state index contributed by atoms with van der Waals surface area (Å²) in [5, 5.41) is 8.27. The first-order valence-electron chi connectivity index (χ1n) is 2.97. The molecule has 0 amide bonds. The highest BCUT2D eigenvalue weighted by Crippen LogP contribution is 2.17. The molecule has 1 aliphatic carbocycles. The van der Waals surface area contributed by atoms with Crippen LogP contribution in [0.2, 0.25) is 0 Å². The van der Waals surface area contributed by atoms with Crippen LogP contribution in [0.4, 0.5) is 0 Å². The maximum atomic E-state index is 8.27. The monoisotopic (exact) mass is 126 g/mol. The molecule has 1 aliphatic rings. The van der Waals surface area contributed by atoms with Gasteiger partial charge in [0.2, 0.25) is 0 Å². The second-order valence-corrected chi connectivity index (χ2v) is 2.16. The first kappa shape index (κ1) is 6.52. The molecule has 0 bridgehead atoms. The van der Waals surface area contributed by atoms with E-state index in [1.165, 1.54) is 0 Å². The Hall–Kier alpha value is -0.600. The third kappa shape index (κ3) is 1.40. The maximum absolute atomic E-state index is 8.27. The van der Waals surface area contributed by atoms with Crippen LogP contribution in [0.1, 0.15) is 12.8 Å². The van der Waals surface area contributed by atoms with Gasteiger partial charge in [-0.05, 0) is 18.4 Å². The molecule has 1 N–H and O–H groups in total. The van der Waals surface area contributed by atoms with E-state index in [4.69, 9.17) is 5.26 Å². The van der Waals surface area contributed by atoms with Crippen molar-refractivity contribution in [3.05, 3.63) is 24.3 Å². The van der Waals surface area contributed by atoms with Crippen LogP contribution in [0.3, 0.4) is 0 Å². The van der Waals surface area contributed by atoms with Gasteiger partial charge in [-0.15, -0.1) is 0 Å². The fourth-order valence-corrected chi connectivity index (χ4v) is 0.870. The molecule has 1 rings (SSSR count). The van der Waals surface area contributed by atoms with Crippen molar-refractivity contribution in [2.24, 2.45) is 0 Å². The van der Waals surface area contributed by atoms with E-state index >= 15 is 0 Å². The Kier molecular flexibility index (Phi) is 2.03. The third-order valence-corrected chi connectivity index (χ3v) is 1.48. The Morgan fingerprint density at radius 3 is 2.89 bits per heavy atom. The lowest BCUT2D eigenvalue weighted by atomic mass is 10.00. The number of hydrogen-bond donors (Lipinski definition) is 1. The molecule has 0 saturated heterocycles. The molecule has 0 aromatic carbocycles. The molecule has 0 aliphatic heterocycles. The van der Waals surface area contributed by atoms with E-state index < -0.39 is 0 Å². The van der Waals surface area contributed by atoms with Crippen molar-refractivity contribution >= 4 is 0 Å². The topological polar surface area (TPSA) is 29.5 Å².